The molecule has 4 heteroatoms. The van der Waals surface area contributed by atoms with Crippen molar-refractivity contribution >= 4 is 27.7 Å². The summed E-state index contributed by atoms with van der Waals surface area (Å²) >= 11 is 0. The zero-order chi connectivity index (χ0) is 23.6. The van der Waals surface area contributed by atoms with Crippen LogP contribution in [0, 0.1) is 0 Å². The zero-order valence-corrected chi connectivity index (χ0v) is 19.4. The van der Waals surface area contributed by atoms with E-state index in [4.69, 9.17) is 9.15 Å². The summed E-state index contributed by atoms with van der Waals surface area (Å²) in [6, 6.07) is 31.8. The van der Waals surface area contributed by atoms with Gasteiger partial charge in [-0.05, 0) is 30.7 Å². The van der Waals surface area contributed by atoms with Crippen molar-refractivity contribution in [3.05, 3.63) is 119 Å². The lowest BCUT2D eigenvalue weighted by Crippen LogP contribution is -2.41. The van der Waals surface area contributed by atoms with Crippen LogP contribution in [0.25, 0.3) is 21.9 Å². The van der Waals surface area contributed by atoms with E-state index in [1.807, 2.05) is 66.7 Å². The standard InChI is InChI=1S/C31H27NO3/c33-30(22-9-2-1-3-10-22)23-11-6-8-21(18-23)20-34-29-19-32-17-16-25(29)27-14-7-13-26-24-12-4-5-15-28(24)35-31(26)27/h1-15,18,25,29,32H,16-17,19-20H2/t25-,29+/m1/s1. The average Bonchev–Trinajstić information content (AvgIpc) is 3.31. The molecule has 5 aromatic rings. The molecule has 1 aromatic heterocycles. The Bertz CT molecular complexity index is 1490. The van der Waals surface area contributed by atoms with E-state index in [-0.39, 0.29) is 17.8 Å². The Labute approximate surface area is 204 Å². The maximum absolute atomic E-state index is 12.9. The number of nitrogens with one attached hydrogen (secondary N) is 1. The van der Waals surface area contributed by atoms with Gasteiger partial charge in [-0.25, -0.2) is 0 Å². The molecule has 174 valence electrons. The van der Waals surface area contributed by atoms with Crippen molar-refractivity contribution in [1.82, 2.24) is 5.32 Å². The summed E-state index contributed by atoms with van der Waals surface area (Å²) in [7, 11) is 0. The Balaban J connectivity index is 1.24. The first-order valence-electron chi connectivity index (χ1n) is 12.2. The van der Waals surface area contributed by atoms with Crippen LogP contribution in [0.15, 0.2) is 101 Å². The SMILES string of the molecule is O=C(c1ccccc1)c1cccc(CO[C@H]2CNCC[C@@H]2c2cccc3c2oc2ccccc23)c1. The number of ketones is 1. The van der Waals surface area contributed by atoms with Crippen molar-refractivity contribution in [3.63, 3.8) is 0 Å². The van der Waals surface area contributed by atoms with Crippen LogP contribution in [0.2, 0.25) is 0 Å². The maximum atomic E-state index is 12.9. The monoisotopic (exact) mass is 461 g/mol. The Morgan fingerprint density at radius 3 is 2.54 bits per heavy atom. The first kappa shape index (κ1) is 21.8. The fourth-order valence-electron chi connectivity index (χ4n) is 5.18. The fourth-order valence-corrected chi connectivity index (χ4v) is 5.18. The highest BCUT2D eigenvalue weighted by molar-refractivity contribution is 6.09. The van der Waals surface area contributed by atoms with E-state index in [0.717, 1.165) is 47.0 Å². The van der Waals surface area contributed by atoms with Gasteiger partial charge in [0.15, 0.2) is 5.78 Å². The van der Waals surface area contributed by atoms with Crippen LogP contribution in [-0.4, -0.2) is 25.0 Å². The highest BCUT2D eigenvalue weighted by atomic mass is 16.5. The van der Waals surface area contributed by atoms with Crippen LogP contribution in [0.4, 0.5) is 0 Å². The minimum absolute atomic E-state index is 0.0102. The average molecular weight is 462 g/mol. The molecule has 2 atom stereocenters. The van der Waals surface area contributed by atoms with Crippen molar-refractivity contribution < 1.29 is 13.9 Å². The number of ether oxygens (including phenoxy) is 1. The Morgan fingerprint density at radius 2 is 1.63 bits per heavy atom. The largest absolute Gasteiger partial charge is 0.456 e. The molecular formula is C31H27NO3. The van der Waals surface area contributed by atoms with Gasteiger partial charge in [-0.1, -0.05) is 84.9 Å². The first-order chi connectivity index (χ1) is 17.3. The second-order valence-corrected chi connectivity index (χ2v) is 9.17. The third kappa shape index (κ3) is 4.27. The summed E-state index contributed by atoms with van der Waals surface area (Å²) in [6.07, 6.45) is 0.990. The van der Waals surface area contributed by atoms with Gasteiger partial charge < -0.3 is 14.5 Å². The molecule has 0 unspecified atom stereocenters. The third-order valence-corrected chi connectivity index (χ3v) is 6.95. The zero-order valence-electron chi connectivity index (χ0n) is 19.4. The Kier molecular flexibility index (Phi) is 5.91. The van der Waals surface area contributed by atoms with E-state index < -0.39 is 0 Å². The predicted molar refractivity (Wildman–Crippen MR) is 139 cm³/mol. The molecule has 6 rings (SSSR count). The number of furan rings is 1. The summed E-state index contributed by atoms with van der Waals surface area (Å²) < 4.78 is 12.8. The molecule has 1 saturated heterocycles. The lowest BCUT2D eigenvalue weighted by Gasteiger charge is -2.32. The lowest BCUT2D eigenvalue weighted by molar-refractivity contribution is 0.0107. The smallest absolute Gasteiger partial charge is 0.193 e. The number of hydrogen-bond acceptors (Lipinski definition) is 4. The van der Waals surface area contributed by atoms with Gasteiger partial charge in [-0.3, -0.25) is 4.79 Å². The molecule has 1 aliphatic rings. The molecule has 4 aromatic carbocycles. The van der Waals surface area contributed by atoms with Gasteiger partial charge in [-0.15, -0.1) is 0 Å². The third-order valence-electron chi connectivity index (χ3n) is 6.95. The highest BCUT2D eigenvalue weighted by Crippen LogP contribution is 2.37. The van der Waals surface area contributed by atoms with Gasteiger partial charge in [0, 0.05) is 39.9 Å². The molecule has 4 nitrogen and oxygen atoms in total. The Hall–Kier alpha value is -3.73. The summed E-state index contributed by atoms with van der Waals surface area (Å²) in [6.45, 7) is 2.18. The summed E-state index contributed by atoms with van der Waals surface area (Å²) in [5.74, 6) is 0.260. The molecule has 35 heavy (non-hydrogen) atoms. The number of rotatable bonds is 6. The first-order valence-corrected chi connectivity index (χ1v) is 12.2. The summed E-state index contributed by atoms with van der Waals surface area (Å²) in [5, 5.41) is 5.79. The number of carbonyl (C=O) groups excluding carboxylic acids is 1. The molecule has 0 aliphatic carbocycles. The van der Waals surface area contributed by atoms with Gasteiger partial charge in [0.1, 0.15) is 11.2 Å². The van der Waals surface area contributed by atoms with E-state index in [2.05, 4.69) is 35.6 Å². The number of benzene rings is 4. The van der Waals surface area contributed by atoms with Crippen molar-refractivity contribution in [2.45, 2.75) is 25.0 Å². The van der Waals surface area contributed by atoms with Gasteiger partial charge in [0.05, 0.1) is 12.7 Å². The van der Waals surface area contributed by atoms with Crippen molar-refractivity contribution in [3.8, 4) is 0 Å². The van der Waals surface area contributed by atoms with Crippen molar-refractivity contribution in [2.24, 2.45) is 0 Å². The lowest BCUT2D eigenvalue weighted by atomic mass is 9.86. The van der Waals surface area contributed by atoms with E-state index in [9.17, 15) is 4.79 Å². The van der Waals surface area contributed by atoms with Crippen LogP contribution in [-0.2, 0) is 11.3 Å². The molecular weight excluding hydrogens is 434 g/mol. The minimum Gasteiger partial charge on any atom is -0.456 e. The second kappa shape index (κ2) is 9.49. The second-order valence-electron chi connectivity index (χ2n) is 9.17. The topological polar surface area (TPSA) is 51.5 Å². The molecule has 0 saturated carbocycles. The molecule has 0 spiro atoms. The van der Waals surface area contributed by atoms with Gasteiger partial charge in [-0.2, -0.15) is 0 Å². The summed E-state index contributed by atoms with van der Waals surface area (Å²) in [5.41, 5.74) is 5.46. The van der Waals surface area contributed by atoms with E-state index in [1.54, 1.807) is 0 Å². The Morgan fingerprint density at radius 1 is 0.857 bits per heavy atom. The number of piperidine rings is 1. The number of carbonyl (C=O) groups is 1. The molecule has 2 heterocycles. The van der Waals surface area contributed by atoms with E-state index in [0.29, 0.717) is 17.7 Å². The van der Waals surface area contributed by atoms with Crippen LogP contribution in [0.1, 0.15) is 39.4 Å². The molecule has 0 bridgehead atoms. The summed E-state index contributed by atoms with van der Waals surface area (Å²) in [4.78, 5) is 12.9. The minimum atomic E-state index is 0.0102. The van der Waals surface area contributed by atoms with Crippen LogP contribution < -0.4 is 5.32 Å². The predicted octanol–water partition coefficient (Wildman–Crippen LogP) is 6.48. The van der Waals surface area contributed by atoms with Crippen molar-refractivity contribution in [1.29, 1.82) is 0 Å². The van der Waals surface area contributed by atoms with E-state index in [1.165, 1.54) is 5.56 Å². The highest BCUT2D eigenvalue weighted by Gasteiger charge is 2.30. The number of hydrogen-bond donors (Lipinski definition) is 1. The van der Waals surface area contributed by atoms with Gasteiger partial charge >= 0.3 is 0 Å². The quantitative estimate of drug-likeness (QED) is 0.294. The van der Waals surface area contributed by atoms with Crippen molar-refractivity contribution in [2.75, 3.05) is 13.1 Å². The number of para-hydroxylation sites is 2. The molecule has 0 radical (unpaired) electrons. The molecule has 1 fully saturated rings. The van der Waals surface area contributed by atoms with Crippen LogP contribution >= 0.6 is 0 Å². The molecule has 0 amide bonds. The van der Waals surface area contributed by atoms with Crippen LogP contribution in [0.5, 0.6) is 0 Å². The van der Waals surface area contributed by atoms with Crippen LogP contribution in [0.3, 0.4) is 0 Å². The van der Waals surface area contributed by atoms with Gasteiger partial charge in [0.2, 0.25) is 0 Å². The fraction of sp³-hybridized carbons (Fsp3) is 0.194. The number of fused-ring (bicyclic) bond motifs is 3. The van der Waals surface area contributed by atoms with Gasteiger partial charge in [0.25, 0.3) is 0 Å². The molecule has 1 aliphatic heterocycles. The maximum Gasteiger partial charge on any atom is 0.193 e. The van der Waals surface area contributed by atoms with E-state index >= 15 is 0 Å². The molecule has 1 N–H and O–H groups in total. The normalized spacial score (nSPS) is 18.2.